The molecule has 0 heterocycles. The fraction of sp³-hybridized carbons (Fsp3) is 0.818. The summed E-state index contributed by atoms with van der Waals surface area (Å²) in [6.07, 6.45) is 13.4. The molecule has 0 nitrogen and oxygen atoms in total. The van der Waals surface area contributed by atoms with Gasteiger partial charge >= 0.3 is 0 Å². The van der Waals surface area contributed by atoms with Crippen LogP contribution in [0.1, 0.15) is 142 Å². The molecular formula is C33H72. The molecule has 33 heavy (non-hydrogen) atoms. The Morgan fingerprint density at radius 2 is 0.636 bits per heavy atom. The van der Waals surface area contributed by atoms with E-state index in [2.05, 4.69) is 103 Å². The first-order valence-electron chi connectivity index (χ1n) is 13.9. The van der Waals surface area contributed by atoms with Crippen LogP contribution in [-0.4, -0.2) is 0 Å². The number of hydrogen-bond donors (Lipinski definition) is 0. The van der Waals surface area contributed by atoms with Crippen LogP contribution < -0.4 is 0 Å². The molecule has 0 heteroatoms. The lowest BCUT2D eigenvalue weighted by Gasteiger charge is -2.17. The topological polar surface area (TPSA) is 0 Å². The maximum Gasteiger partial charge on any atom is -0.0438 e. The summed E-state index contributed by atoms with van der Waals surface area (Å²) in [5, 5.41) is 0. The van der Waals surface area contributed by atoms with Crippen molar-refractivity contribution in [3.63, 3.8) is 0 Å². The molecule has 0 radical (unpaired) electrons. The van der Waals surface area contributed by atoms with Crippen LogP contribution in [0.2, 0.25) is 0 Å². The minimum absolute atomic E-state index is 0.869. The Hall–Kier alpha value is -0.780. The zero-order valence-corrected chi connectivity index (χ0v) is 26.6. The molecule has 0 aliphatic carbocycles. The van der Waals surface area contributed by atoms with Gasteiger partial charge in [0.05, 0.1) is 0 Å². The van der Waals surface area contributed by atoms with E-state index < -0.39 is 0 Å². The summed E-state index contributed by atoms with van der Waals surface area (Å²) in [5.74, 6) is 5.40. The normalized spacial score (nSPS) is 11.8. The molecule has 0 aromatic carbocycles. The fourth-order valence-corrected chi connectivity index (χ4v) is 2.73. The van der Waals surface area contributed by atoms with Crippen LogP contribution in [0.15, 0.2) is 38.0 Å². The van der Waals surface area contributed by atoms with Crippen molar-refractivity contribution in [1.82, 2.24) is 0 Å². The predicted molar refractivity (Wildman–Crippen MR) is 164 cm³/mol. The zero-order valence-electron chi connectivity index (χ0n) is 26.6. The Kier molecular flexibility index (Phi) is 57.4. The van der Waals surface area contributed by atoms with E-state index >= 15 is 0 Å². The molecule has 0 aromatic rings. The van der Waals surface area contributed by atoms with Crippen LogP contribution in [0, 0.1) is 35.5 Å². The van der Waals surface area contributed by atoms with Crippen LogP contribution in [0.3, 0.4) is 0 Å². The highest BCUT2D eigenvalue weighted by molar-refractivity contribution is 4.60. The van der Waals surface area contributed by atoms with Crippen molar-refractivity contribution in [2.24, 2.45) is 35.5 Å². The summed E-state index contributed by atoms with van der Waals surface area (Å²) >= 11 is 0. The van der Waals surface area contributed by atoms with Crippen molar-refractivity contribution >= 4 is 0 Å². The summed E-state index contributed by atoms with van der Waals surface area (Å²) < 4.78 is 0. The Bertz CT molecular complexity index is 307. The summed E-state index contributed by atoms with van der Waals surface area (Å²) in [6, 6.07) is 0. The molecule has 0 aromatic heterocycles. The highest BCUT2D eigenvalue weighted by atomic mass is 14.1. The molecule has 204 valence electrons. The zero-order chi connectivity index (χ0) is 27.8. The Morgan fingerprint density at radius 3 is 0.788 bits per heavy atom. The third-order valence-electron chi connectivity index (χ3n) is 4.76. The summed E-state index contributed by atoms with van der Waals surface area (Å²) in [6.45, 7) is 43.2. The maximum atomic E-state index is 3.36. The lowest BCUT2D eigenvalue weighted by molar-refractivity contribution is 0.350. The average molecular weight is 469 g/mol. The van der Waals surface area contributed by atoms with E-state index in [9.17, 15) is 0 Å². The number of rotatable bonds is 9. The molecular weight excluding hydrogens is 396 g/mol. The minimum atomic E-state index is 0.869. The molecule has 0 bridgehead atoms. The van der Waals surface area contributed by atoms with Gasteiger partial charge in [0.1, 0.15) is 0 Å². The van der Waals surface area contributed by atoms with Crippen molar-refractivity contribution in [3.8, 4) is 0 Å². The second kappa shape index (κ2) is 41.5. The smallest absolute Gasteiger partial charge is 0.0438 e. The van der Waals surface area contributed by atoms with Crippen LogP contribution in [0.5, 0.6) is 0 Å². The molecule has 3 atom stereocenters. The van der Waals surface area contributed by atoms with Gasteiger partial charge in [-0.3, -0.25) is 0 Å². The van der Waals surface area contributed by atoms with Gasteiger partial charge in [-0.15, -0.1) is 19.7 Å². The maximum absolute atomic E-state index is 3.36. The lowest BCUT2D eigenvalue weighted by Crippen LogP contribution is -2.05. The second-order valence-electron chi connectivity index (χ2n) is 10.7. The monoisotopic (exact) mass is 469 g/mol. The molecule has 0 N–H and O–H groups in total. The van der Waals surface area contributed by atoms with Gasteiger partial charge in [0, 0.05) is 0 Å². The molecule has 0 aliphatic rings. The quantitative estimate of drug-likeness (QED) is 0.295. The summed E-state index contributed by atoms with van der Waals surface area (Å²) in [7, 11) is 0. The molecule has 0 saturated carbocycles. The average Bonchev–Trinajstić information content (AvgIpc) is 2.69. The van der Waals surface area contributed by atoms with Crippen LogP contribution in [-0.2, 0) is 0 Å². The fourth-order valence-electron chi connectivity index (χ4n) is 2.73. The molecule has 0 aliphatic heterocycles. The predicted octanol–water partition coefficient (Wildman–Crippen LogP) is 12.8. The Balaban J connectivity index is -0.0000000727. The highest BCUT2D eigenvalue weighted by Crippen LogP contribution is 2.20. The van der Waals surface area contributed by atoms with E-state index in [4.69, 9.17) is 0 Å². The van der Waals surface area contributed by atoms with E-state index in [1.165, 1.54) is 38.5 Å². The van der Waals surface area contributed by atoms with Crippen LogP contribution >= 0.6 is 0 Å². The van der Waals surface area contributed by atoms with Gasteiger partial charge in [-0.2, -0.15) is 0 Å². The first-order valence-corrected chi connectivity index (χ1v) is 13.9. The molecule has 0 saturated heterocycles. The Morgan fingerprint density at radius 1 is 0.424 bits per heavy atom. The van der Waals surface area contributed by atoms with E-state index in [1.807, 2.05) is 20.8 Å². The summed E-state index contributed by atoms with van der Waals surface area (Å²) in [5.41, 5.74) is 0. The van der Waals surface area contributed by atoms with Crippen molar-refractivity contribution in [2.75, 3.05) is 0 Å². The van der Waals surface area contributed by atoms with E-state index in [0.717, 1.165) is 35.5 Å². The minimum Gasteiger partial charge on any atom is -0.103 e. The van der Waals surface area contributed by atoms with E-state index in [1.54, 1.807) is 18.2 Å². The standard InChI is InChI=1S/C11H24.C8H18.C5H12.3C3H6/c1-6-10(4)8-11(5)7-9(2)3;1-5-8(4)6-7(2)3;1-4-5(2)3;3*1-3-2/h9-11H,6-8H2,1-5H3;7-8H,5-6H2,1-4H3;5H,4H2,1-3H3;3*3H,1H2,2H3. The van der Waals surface area contributed by atoms with E-state index in [0.29, 0.717) is 0 Å². The van der Waals surface area contributed by atoms with Crippen molar-refractivity contribution in [2.45, 2.75) is 142 Å². The number of hydrogen-bond acceptors (Lipinski definition) is 0. The molecule has 3 unspecified atom stereocenters. The SMILES string of the molecule is C=CC.C=CC.C=CC.CCC(C)C.CCC(C)CC(C)C.CCC(C)CC(C)CC(C)C. The molecule has 0 rings (SSSR count). The van der Waals surface area contributed by atoms with Crippen LogP contribution in [0.25, 0.3) is 0 Å². The van der Waals surface area contributed by atoms with E-state index in [-0.39, 0.29) is 0 Å². The van der Waals surface area contributed by atoms with Crippen molar-refractivity contribution in [3.05, 3.63) is 38.0 Å². The van der Waals surface area contributed by atoms with Gasteiger partial charge in [-0.25, -0.2) is 0 Å². The van der Waals surface area contributed by atoms with Gasteiger partial charge in [0.25, 0.3) is 0 Å². The van der Waals surface area contributed by atoms with Gasteiger partial charge in [0.2, 0.25) is 0 Å². The second-order valence-corrected chi connectivity index (χ2v) is 10.7. The Labute approximate surface area is 215 Å². The van der Waals surface area contributed by atoms with Gasteiger partial charge in [-0.1, -0.05) is 121 Å². The largest absolute Gasteiger partial charge is 0.103 e. The van der Waals surface area contributed by atoms with Crippen molar-refractivity contribution in [1.29, 1.82) is 0 Å². The third kappa shape index (κ3) is 89.9. The first-order chi connectivity index (χ1) is 15.2. The van der Waals surface area contributed by atoms with Crippen molar-refractivity contribution < 1.29 is 0 Å². The van der Waals surface area contributed by atoms with Gasteiger partial charge in [-0.05, 0) is 75.5 Å². The van der Waals surface area contributed by atoms with Crippen LogP contribution in [0.4, 0.5) is 0 Å². The molecule has 0 amide bonds. The first kappa shape index (κ1) is 45.7. The summed E-state index contributed by atoms with van der Waals surface area (Å²) in [4.78, 5) is 0. The molecule has 0 spiro atoms. The number of allylic oxidation sites excluding steroid dienone is 3. The highest BCUT2D eigenvalue weighted by Gasteiger charge is 2.08. The van der Waals surface area contributed by atoms with Gasteiger partial charge in [0.15, 0.2) is 0 Å². The third-order valence-corrected chi connectivity index (χ3v) is 4.76. The van der Waals surface area contributed by atoms with Gasteiger partial charge < -0.3 is 0 Å². The molecule has 0 fully saturated rings. The lowest BCUT2D eigenvalue weighted by atomic mass is 9.89.